The van der Waals surface area contributed by atoms with Crippen molar-refractivity contribution >= 4 is 29.0 Å². The van der Waals surface area contributed by atoms with Gasteiger partial charge in [0.05, 0.1) is 0 Å². The van der Waals surface area contributed by atoms with E-state index in [1.165, 1.54) is 57.6 Å². The summed E-state index contributed by atoms with van der Waals surface area (Å²) in [4.78, 5) is 0. The smallest absolute Gasteiger partial charge is 0.0195 e. The second kappa shape index (κ2) is 17.2. The molecule has 0 amide bonds. The van der Waals surface area contributed by atoms with Crippen molar-refractivity contribution in [1.29, 1.82) is 0 Å². The Hall–Kier alpha value is -2.31. The molecule has 0 nitrogen and oxygen atoms in total. The topological polar surface area (TPSA) is 0 Å². The molecule has 172 valence electrons. The molecule has 0 aliphatic heterocycles. The second-order valence-corrected chi connectivity index (χ2v) is 7.04. The number of benzene rings is 4. The summed E-state index contributed by atoms with van der Waals surface area (Å²) in [5.74, 6) is 0. The van der Waals surface area contributed by atoms with Gasteiger partial charge in [0.1, 0.15) is 0 Å². The summed E-state index contributed by atoms with van der Waals surface area (Å²) in [7, 11) is 0. The molecule has 4 aromatic rings. The molecule has 0 bridgehead atoms. The predicted molar refractivity (Wildman–Crippen MR) is 147 cm³/mol. The summed E-state index contributed by atoms with van der Waals surface area (Å²) in [6.45, 7) is 0. The van der Waals surface area contributed by atoms with Crippen LogP contribution in [0.2, 0.25) is 0 Å². The number of hydrogen-bond acceptors (Lipinski definition) is 0. The van der Waals surface area contributed by atoms with E-state index in [0.717, 1.165) is 12.8 Å². The van der Waals surface area contributed by atoms with Crippen molar-refractivity contribution in [2.75, 3.05) is 0 Å². The van der Waals surface area contributed by atoms with Crippen molar-refractivity contribution in [1.82, 2.24) is 0 Å². The van der Waals surface area contributed by atoms with E-state index in [9.17, 15) is 0 Å². The minimum atomic E-state index is 0. The maximum Gasteiger partial charge on any atom is -0.0195 e. The van der Waals surface area contributed by atoms with Crippen molar-refractivity contribution in [2.24, 2.45) is 0 Å². The van der Waals surface area contributed by atoms with Gasteiger partial charge in [0.25, 0.3) is 0 Å². The second-order valence-electron chi connectivity index (χ2n) is 7.04. The Bertz CT molecular complexity index is 1120. The number of fused-ring (bicyclic) bond motifs is 3. The molecular formula is C31H27Cl2Zr-3. The van der Waals surface area contributed by atoms with Crippen LogP contribution in [0.15, 0.2) is 115 Å². The zero-order valence-electron chi connectivity index (χ0n) is 18.9. The molecule has 0 radical (unpaired) electrons. The molecule has 34 heavy (non-hydrogen) atoms. The molecule has 0 N–H and O–H groups in total. The summed E-state index contributed by atoms with van der Waals surface area (Å²) in [5, 5.41) is 0. The predicted octanol–water partition coefficient (Wildman–Crippen LogP) is 8.33. The fraction of sp³-hybridized carbons (Fsp3) is 0.0645. The van der Waals surface area contributed by atoms with E-state index in [1.807, 2.05) is 48.6 Å². The Morgan fingerprint density at radius 2 is 1.38 bits per heavy atom. The molecule has 0 unspecified atom stereocenters. The number of rotatable bonds is 1. The summed E-state index contributed by atoms with van der Waals surface area (Å²) in [5.41, 5.74) is 7.87. The molecule has 3 heteroatoms. The van der Waals surface area contributed by atoms with E-state index in [2.05, 4.69) is 89.2 Å². The molecule has 0 spiro atoms. The van der Waals surface area contributed by atoms with Gasteiger partial charge in [0.15, 0.2) is 0 Å². The van der Waals surface area contributed by atoms with Crippen LogP contribution in [0.4, 0.5) is 0 Å². The van der Waals surface area contributed by atoms with Gasteiger partial charge in [-0.05, 0) is 12.0 Å². The van der Waals surface area contributed by atoms with Gasteiger partial charge in [-0.3, -0.25) is 6.08 Å². The third kappa shape index (κ3) is 8.80. The van der Waals surface area contributed by atoms with Gasteiger partial charge < -0.3 is 0 Å². The first-order chi connectivity index (χ1) is 15.9. The van der Waals surface area contributed by atoms with Crippen LogP contribution in [-0.4, -0.2) is 4.21 Å². The molecule has 2 aliphatic carbocycles. The molecular weight excluding hydrogens is 534 g/mol. The first-order valence-electron chi connectivity index (χ1n) is 10.6. The van der Waals surface area contributed by atoms with Crippen LogP contribution in [0.5, 0.6) is 0 Å². The van der Waals surface area contributed by atoms with Gasteiger partial charge in [-0.15, -0.1) is 60.6 Å². The largest absolute Gasteiger partial charge is 0.184 e. The number of hydrogen-bond donors (Lipinski definition) is 0. The normalized spacial score (nSPS) is 10.8. The van der Waals surface area contributed by atoms with E-state index in [-0.39, 0.29) is 24.8 Å². The Morgan fingerprint density at radius 3 is 1.94 bits per heavy atom. The van der Waals surface area contributed by atoms with Crippen LogP contribution < -0.4 is 0 Å². The molecule has 0 fully saturated rings. The standard InChI is InChI=1S/C19H13.C6H5.C5H5.CH2.2ClH.Zr/c1-2-6-14(7-3-1)15-10-11-19-17(12-15)13-16-8-4-5-9-18(16)19;1-2-4-6-5-3-1;1-2-4-5-3-1;;;;/h1-11H,13H2;1-5H;1-3H,4H2;1H2;2*1H;/q3*-1;;;;. The Balaban J connectivity index is 0.000000320. The van der Waals surface area contributed by atoms with Gasteiger partial charge >= 0.3 is 28.4 Å². The quantitative estimate of drug-likeness (QED) is 0.181. The summed E-state index contributed by atoms with van der Waals surface area (Å²) >= 11 is 1.30. The Kier molecular flexibility index (Phi) is 15.0. The molecule has 2 aliphatic rings. The average Bonchev–Trinajstić information content (AvgIpc) is 3.59. The molecule has 0 saturated heterocycles. The van der Waals surface area contributed by atoms with Crippen molar-refractivity contribution in [3.05, 3.63) is 145 Å². The molecule has 0 aromatic heterocycles. The Labute approximate surface area is 231 Å². The van der Waals surface area contributed by atoms with E-state index in [4.69, 9.17) is 0 Å². The van der Waals surface area contributed by atoms with Crippen LogP contribution >= 0.6 is 24.8 Å². The first kappa shape index (κ1) is 29.7. The fourth-order valence-corrected chi connectivity index (χ4v) is 3.53. The molecule has 0 atom stereocenters. The van der Waals surface area contributed by atoms with E-state index >= 15 is 0 Å². The summed E-state index contributed by atoms with van der Waals surface area (Å²) in [6, 6.07) is 39.6. The van der Waals surface area contributed by atoms with Gasteiger partial charge in [-0.1, -0.05) is 71.3 Å². The van der Waals surface area contributed by atoms with Gasteiger partial charge in [-0.2, -0.15) is 42.5 Å². The van der Waals surface area contributed by atoms with Crippen LogP contribution in [0.25, 0.3) is 22.3 Å². The maximum absolute atomic E-state index is 3.59. The van der Waals surface area contributed by atoms with Crippen molar-refractivity contribution in [2.45, 2.75) is 12.8 Å². The zero-order chi connectivity index (χ0) is 22.4. The van der Waals surface area contributed by atoms with Gasteiger partial charge in [0.2, 0.25) is 0 Å². The van der Waals surface area contributed by atoms with E-state index in [0.29, 0.717) is 0 Å². The number of halogens is 2. The minimum Gasteiger partial charge on any atom is -0.184 e. The molecule has 0 saturated carbocycles. The average molecular weight is 562 g/mol. The third-order valence-corrected chi connectivity index (χ3v) is 4.98. The third-order valence-electron chi connectivity index (χ3n) is 4.98. The van der Waals surface area contributed by atoms with Crippen LogP contribution in [0.3, 0.4) is 0 Å². The summed E-state index contributed by atoms with van der Waals surface area (Å²) < 4.78 is 3.34. The van der Waals surface area contributed by atoms with E-state index in [1.54, 1.807) is 0 Å². The Morgan fingerprint density at radius 1 is 0.706 bits per heavy atom. The first-order valence-corrected chi connectivity index (χ1v) is 12.3. The maximum atomic E-state index is 3.59. The van der Waals surface area contributed by atoms with E-state index < -0.39 is 0 Å². The van der Waals surface area contributed by atoms with Crippen molar-refractivity contribution in [3.63, 3.8) is 0 Å². The fourth-order valence-electron chi connectivity index (χ4n) is 3.53. The minimum absolute atomic E-state index is 0. The molecule has 0 heterocycles. The zero-order valence-corrected chi connectivity index (χ0v) is 23.0. The van der Waals surface area contributed by atoms with Crippen molar-refractivity contribution < 1.29 is 24.2 Å². The number of allylic oxidation sites excluding steroid dienone is 4. The monoisotopic (exact) mass is 559 g/mol. The SMILES string of the molecule is Cl.Cl.[C-]1=CC=CC1.[CH2]=[Zr].[c-]1c(-c2ccccc2)ccc2c1Cc1ccccc1-2.[c-]1ccccc1. The molecule has 4 aromatic carbocycles. The van der Waals surface area contributed by atoms with Crippen LogP contribution in [0.1, 0.15) is 17.5 Å². The summed E-state index contributed by atoms with van der Waals surface area (Å²) in [6.07, 6.45) is 11.0. The van der Waals surface area contributed by atoms with Gasteiger partial charge in [-0.25, -0.2) is 12.2 Å². The van der Waals surface area contributed by atoms with Crippen molar-refractivity contribution in [3.8, 4) is 22.3 Å². The van der Waals surface area contributed by atoms with Crippen LogP contribution in [-0.2, 0) is 30.7 Å². The van der Waals surface area contributed by atoms with Gasteiger partial charge in [0, 0.05) is 0 Å². The van der Waals surface area contributed by atoms with Crippen LogP contribution in [0, 0.1) is 18.2 Å². The molecule has 6 rings (SSSR count).